The summed E-state index contributed by atoms with van der Waals surface area (Å²) in [5, 5.41) is 18.2. The van der Waals surface area contributed by atoms with Crippen LogP contribution in [0.3, 0.4) is 0 Å². The van der Waals surface area contributed by atoms with E-state index in [2.05, 4.69) is 15.3 Å². The topological polar surface area (TPSA) is 87.0 Å². The lowest BCUT2D eigenvalue weighted by Gasteiger charge is -2.32. The lowest BCUT2D eigenvalue weighted by Crippen LogP contribution is -2.41. The molecule has 2 aromatic heterocycles. The Balaban J connectivity index is 1.42. The zero-order valence-corrected chi connectivity index (χ0v) is 14.6. The molecule has 1 amide bonds. The summed E-state index contributed by atoms with van der Waals surface area (Å²) in [6, 6.07) is 7.79. The maximum atomic E-state index is 12.9. The van der Waals surface area contributed by atoms with E-state index in [4.69, 9.17) is 5.11 Å². The first-order valence-electron chi connectivity index (χ1n) is 9.09. The minimum atomic E-state index is 0.0793. The van der Waals surface area contributed by atoms with Gasteiger partial charge in [-0.2, -0.15) is 0 Å². The second kappa shape index (κ2) is 7.29. The molecule has 0 spiro atoms. The highest BCUT2D eigenvalue weighted by atomic mass is 16.3. The van der Waals surface area contributed by atoms with Crippen molar-refractivity contribution in [3.8, 4) is 0 Å². The van der Waals surface area contributed by atoms with Gasteiger partial charge in [-0.3, -0.25) is 9.48 Å². The van der Waals surface area contributed by atoms with Crippen molar-refractivity contribution in [3.05, 3.63) is 47.9 Å². The average Bonchev–Trinajstić information content (AvgIpc) is 3.30. The van der Waals surface area contributed by atoms with Crippen molar-refractivity contribution in [2.45, 2.75) is 25.8 Å². The van der Waals surface area contributed by atoms with E-state index in [-0.39, 0.29) is 12.5 Å². The second-order valence-corrected chi connectivity index (χ2v) is 6.94. The van der Waals surface area contributed by atoms with Crippen LogP contribution in [0, 0.1) is 5.92 Å². The number of aliphatic hydroxyl groups is 1. The number of amides is 1. The lowest BCUT2D eigenvalue weighted by molar-refractivity contribution is 0.0659. The number of fused-ring (bicyclic) bond motifs is 1. The fourth-order valence-corrected chi connectivity index (χ4v) is 3.69. The number of piperidine rings is 1. The summed E-state index contributed by atoms with van der Waals surface area (Å²) in [5.41, 5.74) is 2.59. The third-order valence-corrected chi connectivity index (χ3v) is 5.01. The smallest absolute Gasteiger partial charge is 0.253 e. The van der Waals surface area contributed by atoms with Gasteiger partial charge in [0.2, 0.25) is 0 Å². The number of carbonyl (C=O) groups excluding carboxylic acids is 1. The predicted molar refractivity (Wildman–Crippen MR) is 97.7 cm³/mol. The zero-order chi connectivity index (χ0) is 17.9. The van der Waals surface area contributed by atoms with Gasteiger partial charge in [-0.1, -0.05) is 5.21 Å². The van der Waals surface area contributed by atoms with Crippen molar-refractivity contribution < 1.29 is 9.90 Å². The van der Waals surface area contributed by atoms with Crippen LogP contribution in [0.2, 0.25) is 0 Å². The van der Waals surface area contributed by atoms with Gasteiger partial charge in [0.05, 0.1) is 5.69 Å². The molecule has 1 fully saturated rings. The molecule has 136 valence electrons. The Bertz CT molecular complexity index is 900. The maximum Gasteiger partial charge on any atom is 0.253 e. The molecule has 1 aliphatic heterocycles. The zero-order valence-electron chi connectivity index (χ0n) is 14.6. The van der Waals surface area contributed by atoms with Crippen molar-refractivity contribution in [1.82, 2.24) is 24.9 Å². The van der Waals surface area contributed by atoms with Crippen LogP contribution in [0.5, 0.6) is 0 Å². The number of rotatable bonds is 5. The summed E-state index contributed by atoms with van der Waals surface area (Å²) in [5.74, 6) is 0.463. The summed E-state index contributed by atoms with van der Waals surface area (Å²) < 4.78 is 1.83. The molecule has 4 rings (SSSR count). The first kappa shape index (κ1) is 16.8. The van der Waals surface area contributed by atoms with Crippen molar-refractivity contribution in [2.24, 2.45) is 5.92 Å². The number of carbonyl (C=O) groups is 1. The van der Waals surface area contributed by atoms with E-state index in [0.717, 1.165) is 54.6 Å². The molecule has 26 heavy (non-hydrogen) atoms. The van der Waals surface area contributed by atoms with E-state index in [1.165, 1.54) is 0 Å². The number of nitrogens with zero attached hydrogens (tertiary/aromatic N) is 4. The molecule has 0 radical (unpaired) electrons. The monoisotopic (exact) mass is 353 g/mol. The molecule has 3 heterocycles. The van der Waals surface area contributed by atoms with Gasteiger partial charge in [-0.25, -0.2) is 0 Å². The quantitative estimate of drug-likeness (QED) is 0.733. The number of benzene rings is 1. The summed E-state index contributed by atoms with van der Waals surface area (Å²) >= 11 is 0. The third-order valence-electron chi connectivity index (χ3n) is 5.01. The minimum Gasteiger partial charge on any atom is -0.396 e. The number of nitrogens with one attached hydrogen (secondary N) is 1. The van der Waals surface area contributed by atoms with Gasteiger partial charge in [0, 0.05) is 61.5 Å². The van der Waals surface area contributed by atoms with Crippen LogP contribution in [0.25, 0.3) is 10.9 Å². The van der Waals surface area contributed by atoms with Gasteiger partial charge in [-0.15, -0.1) is 5.10 Å². The SMILES string of the molecule is O=C(c1ccc2[nH]ccc2c1)N1CCCC(Cn2cc(CCO)nn2)C1. The van der Waals surface area contributed by atoms with Gasteiger partial charge in [0.25, 0.3) is 5.91 Å². The van der Waals surface area contributed by atoms with Crippen molar-refractivity contribution in [1.29, 1.82) is 0 Å². The fourth-order valence-electron chi connectivity index (χ4n) is 3.69. The Morgan fingerprint density at radius 1 is 1.35 bits per heavy atom. The molecular formula is C19H23N5O2. The van der Waals surface area contributed by atoms with Gasteiger partial charge in [0.1, 0.15) is 0 Å². The second-order valence-electron chi connectivity index (χ2n) is 6.94. The van der Waals surface area contributed by atoms with Crippen molar-refractivity contribution in [3.63, 3.8) is 0 Å². The Kier molecular flexibility index (Phi) is 4.71. The van der Waals surface area contributed by atoms with Gasteiger partial charge >= 0.3 is 0 Å². The molecule has 2 N–H and O–H groups in total. The van der Waals surface area contributed by atoms with E-state index in [1.807, 2.05) is 46.2 Å². The highest BCUT2D eigenvalue weighted by molar-refractivity contribution is 5.98. The molecule has 0 aliphatic carbocycles. The largest absolute Gasteiger partial charge is 0.396 e. The molecule has 1 aliphatic rings. The van der Waals surface area contributed by atoms with Gasteiger partial charge < -0.3 is 15.0 Å². The molecule has 1 aromatic carbocycles. The Labute approximate surface area is 151 Å². The fraction of sp³-hybridized carbons (Fsp3) is 0.421. The number of aliphatic hydroxyl groups excluding tert-OH is 1. The molecule has 7 nitrogen and oxygen atoms in total. The summed E-state index contributed by atoms with van der Waals surface area (Å²) in [6.45, 7) is 2.36. The number of hydrogen-bond donors (Lipinski definition) is 2. The predicted octanol–water partition coefficient (Wildman–Crippen LogP) is 1.85. The van der Waals surface area contributed by atoms with Crippen LogP contribution in [0.4, 0.5) is 0 Å². The molecule has 1 unspecified atom stereocenters. The van der Waals surface area contributed by atoms with E-state index in [9.17, 15) is 4.79 Å². The summed E-state index contributed by atoms with van der Waals surface area (Å²) in [4.78, 5) is 18.0. The molecule has 0 bridgehead atoms. The molecule has 3 aromatic rings. The van der Waals surface area contributed by atoms with Gasteiger partial charge in [0.15, 0.2) is 0 Å². The molecule has 1 saturated heterocycles. The summed E-state index contributed by atoms with van der Waals surface area (Å²) in [6.07, 6.45) is 6.38. The first-order valence-corrected chi connectivity index (χ1v) is 9.09. The highest BCUT2D eigenvalue weighted by Gasteiger charge is 2.25. The molecule has 7 heteroatoms. The number of aromatic nitrogens is 4. The first-order chi connectivity index (χ1) is 12.7. The number of H-pyrrole nitrogens is 1. The van der Waals surface area contributed by atoms with Crippen LogP contribution < -0.4 is 0 Å². The van der Waals surface area contributed by atoms with Gasteiger partial charge in [-0.05, 0) is 43.0 Å². The van der Waals surface area contributed by atoms with Crippen LogP contribution in [0.15, 0.2) is 36.7 Å². The Hall–Kier alpha value is -2.67. The van der Waals surface area contributed by atoms with Crippen LogP contribution >= 0.6 is 0 Å². The highest BCUT2D eigenvalue weighted by Crippen LogP contribution is 2.22. The van der Waals surface area contributed by atoms with Crippen LogP contribution in [-0.2, 0) is 13.0 Å². The third kappa shape index (κ3) is 3.48. The number of aromatic amines is 1. The Morgan fingerprint density at radius 2 is 2.27 bits per heavy atom. The maximum absolute atomic E-state index is 12.9. The number of hydrogen-bond acceptors (Lipinski definition) is 4. The van der Waals surface area contributed by atoms with Crippen molar-refractivity contribution >= 4 is 16.8 Å². The van der Waals surface area contributed by atoms with Crippen molar-refractivity contribution in [2.75, 3.05) is 19.7 Å². The van der Waals surface area contributed by atoms with E-state index < -0.39 is 0 Å². The molecule has 0 saturated carbocycles. The Morgan fingerprint density at radius 3 is 3.15 bits per heavy atom. The normalized spacial score (nSPS) is 17.7. The van der Waals surface area contributed by atoms with E-state index in [1.54, 1.807) is 0 Å². The van der Waals surface area contributed by atoms with E-state index in [0.29, 0.717) is 12.3 Å². The molecular weight excluding hydrogens is 330 g/mol. The molecule has 1 atom stereocenters. The summed E-state index contributed by atoms with van der Waals surface area (Å²) in [7, 11) is 0. The van der Waals surface area contributed by atoms with Crippen LogP contribution in [0.1, 0.15) is 28.9 Å². The number of likely N-dealkylation sites (tertiary alicyclic amines) is 1. The van der Waals surface area contributed by atoms with Crippen LogP contribution in [-0.4, -0.2) is 55.6 Å². The lowest BCUT2D eigenvalue weighted by atomic mass is 9.97. The standard InChI is InChI=1S/C19H23N5O2/c25-9-6-17-13-24(22-21-17)12-14-2-1-8-23(11-14)19(26)16-3-4-18-15(10-16)5-7-20-18/h3-5,7,10,13-14,20,25H,1-2,6,8-9,11-12H2. The average molecular weight is 353 g/mol. The van der Waals surface area contributed by atoms with E-state index >= 15 is 0 Å². The minimum absolute atomic E-state index is 0.0793.